The minimum atomic E-state index is -0.0230. The van der Waals surface area contributed by atoms with E-state index in [2.05, 4.69) is 9.97 Å². The van der Waals surface area contributed by atoms with E-state index in [1.807, 2.05) is 64.5 Å². The van der Waals surface area contributed by atoms with E-state index in [9.17, 15) is 4.79 Å². The molecular formula is C13H11IN4O. The summed E-state index contributed by atoms with van der Waals surface area (Å²) in [6.45, 7) is 2.27. The van der Waals surface area contributed by atoms with Gasteiger partial charge in [0.15, 0.2) is 0 Å². The summed E-state index contributed by atoms with van der Waals surface area (Å²) in [4.78, 5) is 20.8. The smallest absolute Gasteiger partial charge is 0.267 e. The topological polar surface area (TPSA) is 52.2 Å². The number of hydrogen-bond donors (Lipinski definition) is 0. The van der Waals surface area contributed by atoms with Gasteiger partial charge >= 0.3 is 0 Å². The molecule has 5 nitrogen and oxygen atoms in total. The zero-order valence-corrected chi connectivity index (χ0v) is 12.4. The standard InChI is InChI=1S/C13H11IN4O/c1-9-15-6-11(14)13(19)18(9)8-10-7-17-5-3-2-4-12(17)16-10/h2-7H,8H2,1H3. The molecular weight excluding hydrogens is 355 g/mol. The second-order valence-corrected chi connectivity index (χ2v) is 5.41. The zero-order valence-electron chi connectivity index (χ0n) is 10.2. The van der Waals surface area contributed by atoms with Crippen molar-refractivity contribution in [3.05, 3.63) is 62.2 Å². The van der Waals surface area contributed by atoms with E-state index in [-0.39, 0.29) is 5.56 Å². The van der Waals surface area contributed by atoms with Gasteiger partial charge in [0.05, 0.1) is 15.8 Å². The lowest BCUT2D eigenvalue weighted by Crippen LogP contribution is -2.26. The number of imidazole rings is 1. The number of nitrogens with zero attached hydrogens (tertiary/aromatic N) is 4. The van der Waals surface area contributed by atoms with E-state index in [4.69, 9.17) is 0 Å². The fraction of sp³-hybridized carbons (Fsp3) is 0.154. The van der Waals surface area contributed by atoms with Crippen molar-refractivity contribution in [2.45, 2.75) is 13.5 Å². The molecule has 0 aliphatic rings. The van der Waals surface area contributed by atoms with Gasteiger partial charge in [-0.2, -0.15) is 0 Å². The van der Waals surface area contributed by atoms with E-state index in [0.717, 1.165) is 11.3 Å². The van der Waals surface area contributed by atoms with Gasteiger partial charge < -0.3 is 4.40 Å². The molecule has 0 unspecified atom stereocenters. The SMILES string of the molecule is Cc1ncc(I)c(=O)n1Cc1cn2ccccc2n1. The number of fused-ring (bicyclic) bond motifs is 1. The lowest BCUT2D eigenvalue weighted by molar-refractivity contribution is 0.684. The largest absolute Gasteiger partial charge is 0.307 e. The molecule has 3 heterocycles. The molecule has 19 heavy (non-hydrogen) atoms. The lowest BCUT2D eigenvalue weighted by atomic mass is 10.4. The quantitative estimate of drug-likeness (QED) is 0.651. The molecule has 0 saturated carbocycles. The number of halogens is 1. The van der Waals surface area contributed by atoms with Crippen LogP contribution in [0, 0.1) is 10.5 Å². The van der Waals surface area contributed by atoms with Crippen LogP contribution in [0.3, 0.4) is 0 Å². The fourth-order valence-electron chi connectivity index (χ4n) is 1.96. The molecule has 96 valence electrons. The first-order chi connectivity index (χ1) is 9.15. The van der Waals surface area contributed by atoms with Gasteiger partial charge in [0.25, 0.3) is 5.56 Å². The Bertz CT molecular complexity index is 773. The summed E-state index contributed by atoms with van der Waals surface area (Å²) in [6, 6.07) is 5.82. The minimum Gasteiger partial charge on any atom is -0.307 e. The summed E-state index contributed by atoms with van der Waals surface area (Å²) in [6.07, 6.45) is 5.47. The van der Waals surface area contributed by atoms with Gasteiger partial charge in [-0.1, -0.05) is 6.07 Å². The normalized spacial score (nSPS) is 11.1. The summed E-state index contributed by atoms with van der Waals surface area (Å²) in [5.74, 6) is 0.697. The molecule has 6 heteroatoms. The summed E-state index contributed by atoms with van der Waals surface area (Å²) in [7, 11) is 0. The molecule has 0 atom stereocenters. The average molecular weight is 366 g/mol. The number of aryl methyl sites for hydroxylation is 1. The maximum absolute atomic E-state index is 12.1. The van der Waals surface area contributed by atoms with Crippen LogP contribution in [-0.4, -0.2) is 18.9 Å². The van der Waals surface area contributed by atoms with Crippen molar-refractivity contribution in [2.75, 3.05) is 0 Å². The zero-order chi connectivity index (χ0) is 13.4. The number of hydrogen-bond acceptors (Lipinski definition) is 3. The summed E-state index contributed by atoms with van der Waals surface area (Å²) >= 11 is 2.00. The van der Waals surface area contributed by atoms with E-state index in [0.29, 0.717) is 15.9 Å². The Kier molecular flexibility index (Phi) is 3.09. The second-order valence-electron chi connectivity index (χ2n) is 4.24. The summed E-state index contributed by atoms with van der Waals surface area (Å²) in [5.41, 5.74) is 1.70. The lowest BCUT2D eigenvalue weighted by Gasteiger charge is -2.06. The highest BCUT2D eigenvalue weighted by Crippen LogP contribution is 2.07. The third kappa shape index (κ3) is 2.27. The molecule has 0 radical (unpaired) electrons. The summed E-state index contributed by atoms with van der Waals surface area (Å²) < 4.78 is 4.20. The Balaban J connectivity index is 2.06. The predicted octanol–water partition coefficient (Wildman–Crippen LogP) is 1.85. The maximum Gasteiger partial charge on any atom is 0.267 e. The molecule has 0 bridgehead atoms. The van der Waals surface area contributed by atoms with E-state index in [1.54, 1.807) is 10.8 Å². The molecule has 3 aromatic heterocycles. The van der Waals surface area contributed by atoms with Crippen LogP contribution in [0.15, 0.2) is 41.6 Å². The van der Waals surface area contributed by atoms with Gasteiger partial charge in [-0.3, -0.25) is 9.36 Å². The van der Waals surface area contributed by atoms with Crippen LogP contribution in [0.4, 0.5) is 0 Å². The molecule has 0 spiro atoms. The third-order valence-electron chi connectivity index (χ3n) is 2.94. The molecule has 0 fully saturated rings. The number of rotatable bonds is 2. The van der Waals surface area contributed by atoms with Crippen LogP contribution in [0.2, 0.25) is 0 Å². The molecule has 3 rings (SSSR count). The highest BCUT2D eigenvalue weighted by atomic mass is 127. The van der Waals surface area contributed by atoms with Crippen molar-refractivity contribution in [1.82, 2.24) is 18.9 Å². The van der Waals surface area contributed by atoms with Crippen molar-refractivity contribution >= 4 is 28.2 Å². The fourth-order valence-corrected chi connectivity index (χ4v) is 2.39. The van der Waals surface area contributed by atoms with Crippen molar-refractivity contribution < 1.29 is 0 Å². The monoisotopic (exact) mass is 366 g/mol. The van der Waals surface area contributed by atoms with Gasteiger partial charge in [0, 0.05) is 18.6 Å². The molecule has 0 saturated heterocycles. The third-order valence-corrected chi connectivity index (χ3v) is 3.68. The predicted molar refractivity (Wildman–Crippen MR) is 80.2 cm³/mol. The van der Waals surface area contributed by atoms with Crippen LogP contribution in [0.25, 0.3) is 5.65 Å². The second kappa shape index (κ2) is 4.76. The van der Waals surface area contributed by atoms with Crippen LogP contribution < -0.4 is 5.56 Å². The Labute approximate surface area is 123 Å². The number of pyridine rings is 1. The van der Waals surface area contributed by atoms with Crippen LogP contribution in [0.5, 0.6) is 0 Å². The minimum absolute atomic E-state index is 0.0230. The first-order valence-corrected chi connectivity index (χ1v) is 6.87. The van der Waals surface area contributed by atoms with E-state index < -0.39 is 0 Å². The van der Waals surface area contributed by atoms with Crippen LogP contribution in [0.1, 0.15) is 11.5 Å². The van der Waals surface area contributed by atoms with Crippen molar-refractivity contribution in [3.63, 3.8) is 0 Å². The van der Waals surface area contributed by atoms with Gasteiger partial charge in [-0.05, 0) is 41.6 Å². The highest BCUT2D eigenvalue weighted by molar-refractivity contribution is 14.1. The number of aromatic nitrogens is 4. The average Bonchev–Trinajstić information content (AvgIpc) is 2.81. The Morgan fingerprint density at radius 3 is 3.00 bits per heavy atom. The molecule has 3 aromatic rings. The van der Waals surface area contributed by atoms with Crippen LogP contribution >= 0.6 is 22.6 Å². The Hall–Kier alpha value is -1.70. The Morgan fingerprint density at radius 2 is 2.21 bits per heavy atom. The maximum atomic E-state index is 12.1. The van der Waals surface area contributed by atoms with Gasteiger partial charge in [-0.25, -0.2) is 9.97 Å². The van der Waals surface area contributed by atoms with E-state index >= 15 is 0 Å². The van der Waals surface area contributed by atoms with Gasteiger partial charge in [0.2, 0.25) is 0 Å². The van der Waals surface area contributed by atoms with Crippen molar-refractivity contribution in [1.29, 1.82) is 0 Å². The Morgan fingerprint density at radius 1 is 1.37 bits per heavy atom. The van der Waals surface area contributed by atoms with E-state index in [1.165, 1.54) is 0 Å². The van der Waals surface area contributed by atoms with Crippen molar-refractivity contribution in [3.8, 4) is 0 Å². The molecule has 0 aliphatic carbocycles. The highest BCUT2D eigenvalue weighted by Gasteiger charge is 2.08. The molecule has 0 amide bonds. The molecule has 0 N–H and O–H groups in total. The molecule has 0 aliphatic heterocycles. The van der Waals surface area contributed by atoms with Gasteiger partial charge in [-0.15, -0.1) is 0 Å². The van der Waals surface area contributed by atoms with Crippen molar-refractivity contribution in [2.24, 2.45) is 0 Å². The first kappa shape index (κ1) is 12.3. The summed E-state index contributed by atoms with van der Waals surface area (Å²) in [5, 5.41) is 0. The first-order valence-electron chi connectivity index (χ1n) is 5.80. The molecule has 0 aromatic carbocycles. The van der Waals surface area contributed by atoms with Crippen LogP contribution in [-0.2, 0) is 6.54 Å². The van der Waals surface area contributed by atoms with Gasteiger partial charge in [0.1, 0.15) is 11.5 Å².